The summed E-state index contributed by atoms with van der Waals surface area (Å²) in [5.74, 6) is 1.67. The van der Waals surface area contributed by atoms with Crippen LogP contribution in [-0.4, -0.2) is 51.1 Å². The Bertz CT molecular complexity index is 1510. The highest BCUT2D eigenvalue weighted by Crippen LogP contribution is 2.32. The summed E-state index contributed by atoms with van der Waals surface area (Å²) in [5, 5.41) is 16.3. The molecule has 4 aromatic rings. The molecule has 44 heavy (non-hydrogen) atoms. The van der Waals surface area contributed by atoms with E-state index in [1.165, 1.54) is 25.7 Å². The van der Waals surface area contributed by atoms with Gasteiger partial charge in [-0.15, -0.1) is 0 Å². The van der Waals surface area contributed by atoms with Gasteiger partial charge in [-0.05, 0) is 112 Å². The van der Waals surface area contributed by atoms with Gasteiger partial charge in [-0.25, -0.2) is 9.97 Å². The molecule has 0 bridgehead atoms. The molecule has 0 amide bonds. The second-order valence-corrected chi connectivity index (χ2v) is 12.4. The Morgan fingerprint density at radius 3 is 1.68 bits per heavy atom. The van der Waals surface area contributed by atoms with Crippen LogP contribution in [0.1, 0.15) is 59.5 Å². The van der Waals surface area contributed by atoms with Crippen LogP contribution in [0.3, 0.4) is 0 Å². The van der Waals surface area contributed by atoms with Crippen LogP contribution < -0.4 is 5.32 Å². The first-order chi connectivity index (χ1) is 21.5. The van der Waals surface area contributed by atoms with Crippen molar-refractivity contribution >= 4 is 59.0 Å². The zero-order chi connectivity index (χ0) is 30.3. The molecular weight excluding hydrogens is 589 g/mol. The average molecular weight is 627 g/mol. The molecule has 0 radical (unpaired) electrons. The molecule has 2 N–H and O–H groups in total. The summed E-state index contributed by atoms with van der Waals surface area (Å²) in [7, 11) is 0. The van der Waals surface area contributed by atoms with Crippen LogP contribution in [0.15, 0.2) is 66.7 Å². The summed E-state index contributed by atoms with van der Waals surface area (Å²) in [5.41, 5.74) is 5.60. The molecule has 226 valence electrons. The van der Waals surface area contributed by atoms with Gasteiger partial charge < -0.3 is 10.4 Å². The molecule has 0 atom stereocenters. The first-order valence-corrected chi connectivity index (χ1v) is 16.1. The number of aromatic nitrogens is 2. The molecule has 0 unspecified atom stereocenters. The minimum absolute atomic E-state index is 0.412. The third kappa shape index (κ3) is 8.27. The molecule has 0 spiro atoms. The fourth-order valence-corrected chi connectivity index (χ4v) is 6.05. The van der Waals surface area contributed by atoms with Crippen molar-refractivity contribution in [3.8, 4) is 5.75 Å². The number of hydrogen-bond acceptors (Lipinski definition) is 6. The van der Waals surface area contributed by atoms with Crippen molar-refractivity contribution in [3.05, 3.63) is 111 Å². The number of benzene rings is 3. The number of likely N-dealkylation sites (tertiary alicyclic amines) is 2. The Balaban J connectivity index is 1.32. The lowest BCUT2D eigenvalue weighted by molar-refractivity contribution is 0.312. The van der Waals surface area contributed by atoms with Gasteiger partial charge in [-0.1, -0.05) is 59.6 Å². The maximum atomic E-state index is 11.3. The van der Waals surface area contributed by atoms with E-state index in [1.807, 2.05) is 78.9 Å². The van der Waals surface area contributed by atoms with E-state index in [1.54, 1.807) is 0 Å². The van der Waals surface area contributed by atoms with Gasteiger partial charge in [-0.3, -0.25) is 9.80 Å². The number of rotatable bonds is 10. The lowest BCUT2D eigenvalue weighted by Crippen LogP contribution is -2.20. The van der Waals surface area contributed by atoms with Crippen LogP contribution in [-0.2, 0) is 13.1 Å². The summed E-state index contributed by atoms with van der Waals surface area (Å²) in [6.45, 7) is 5.74. The zero-order valence-electron chi connectivity index (χ0n) is 24.7. The zero-order valence-corrected chi connectivity index (χ0v) is 26.2. The monoisotopic (exact) mass is 625 g/mol. The maximum absolute atomic E-state index is 11.3. The Morgan fingerprint density at radius 2 is 1.16 bits per heavy atom. The molecule has 0 saturated carbocycles. The van der Waals surface area contributed by atoms with E-state index in [0.29, 0.717) is 27.4 Å². The second kappa shape index (κ2) is 14.4. The first kappa shape index (κ1) is 30.4. The average Bonchev–Trinajstić information content (AvgIpc) is 3.74. The fourth-order valence-electron chi connectivity index (χ4n) is 5.79. The smallest absolute Gasteiger partial charge is 0.154 e. The summed E-state index contributed by atoms with van der Waals surface area (Å²) in [6.07, 6.45) is 12.7. The van der Waals surface area contributed by atoms with Gasteiger partial charge in [0, 0.05) is 46.0 Å². The van der Waals surface area contributed by atoms with E-state index in [0.717, 1.165) is 72.9 Å². The van der Waals surface area contributed by atoms with Crippen molar-refractivity contribution in [2.45, 2.75) is 38.8 Å². The maximum Gasteiger partial charge on any atom is 0.154 e. The van der Waals surface area contributed by atoms with Crippen LogP contribution in [0.25, 0.3) is 24.3 Å². The molecular formula is C36H37Cl2N5O. The first-order valence-electron chi connectivity index (χ1n) is 15.3. The molecule has 6 rings (SSSR count). The standard InChI is InChI=1S/C36H37Cl2N5O/c37-30-11-5-26(6-12-30)9-15-32-23-35(41-34(39-32)16-10-27-7-13-31(38)14-8-27)40-33-21-28(24-42-17-1-2-18-42)36(44)29(22-33)25-43-19-3-4-20-43/h5-16,21-23,44H,1-4,17-20,24-25H2,(H,39,40,41)/b15-9+,16-10-. The number of phenolic OH excluding ortho intramolecular Hbond substituents is 1. The van der Waals surface area contributed by atoms with E-state index in [9.17, 15) is 5.11 Å². The Hall–Kier alpha value is -3.68. The van der Waals surface area contributed by atoms with Gasteiger partial charge in [0.05, 0.1) is 5.69 Å². The topological polar surface area (TPSA) is 64.5 Å². The lowest BCUT2D eigenvalue weighted by Gasteiger charge is -2.21. The van der Waals surface area contributed by atoms with Crippen LogP contribution in [0.2, 0.25) is 10.0 Å². The molecule has 2 aliphatic rings. The van der Waals surface area contributed by atoms with Gasteiger partial charge in [0.2, 0.25) is 0 Å². The van der Waals surface area contributed by atoms with E-state index in [-0.39, 0.29) is 0 Å². The molecule has 0 aliphatic carbocycles. The molecule has 1 aromatic heterocycles. The lowest BCUT2D eigenvalue weighted by atomic mass is 10.1. The van der Waals surface area contributed by atoms with Crippen LogP contribution >= 0.6 is 23.2 Å². The predicted molar refractivity (Wildman–Crippen MR) is 183 cm³/mol. The SMILES string of the molecule is Oc1c(CN2CCCC2)cc(Nc2cc(/C=C/c3ccc(Cl)cc3)nc(/C=C\c3ccc(Cl)cc3)n2)cc1CN1CCCC1. The number of hydrogen-bond donors (Lipinski definition) is 2. The third-order valence-corrected chi connectivity index (χ3v) is 8.60. The van der Waals surface area contributed by atoms with Crippen molar-refractivity contribution in [1.82, 2.24) is 19.8 Å². The minimum Gasteiger partial charge on any atom is -0.507 e. The highest BCUT2D eigenvalue weighted by Gasteiger charge is 2.20. The van der Waals surface area contributed by atoms with E-state index < -0.39 is 0 Å². The van der Waals surface area contributed by atoms with Gasteiger partial charge in [0.1, 0.15) is 11.6 Å². The number of phenols is 1. The number of halogens is 2. The van der Waals surface area contributed by atoms with Crippen molar-refractivity contribution in [2.75, 3.05) is 31.5 Å². The van der Waals surface area contributed by atoms with Gasteiger partial charge >= 0.3 is 0 Å². The Labute approximate surface area is 269 Å². The summed E-state index contributed by atoms with van der Waals surface area (Å²) in [6, 6.07) is 21.4. The number of nitrogens with one attached hydrogen (secondary N) is 1. The molecule has 2 saturated heterocycles. The summed E-state index contributed by atoms with van der Waals surface area (Å²) >= 11 is 12.2. The summed E-state index contributed by atoms with van der Waals surface area (Å²) < 4.78 is 0. The third-order valence-electron chi connectivity index (χ3n) is 8.10. The van der Waals surface area contributed by atoms with E-state index in [2.05, 4.69) is 27.2 Å². The van der Waals surface area contributed by atoms with Gasteiger partial charge in [0.15, 0.2) is 5.82 Å². The van der Waals surface area contributed by atoms with Gasteiger partial charge in [0.25, 0.3) is 0 Å². The highest BCUT2D eigenvalue weighted by atomic mass is 35.5. The number of anilines is 2. The molecule has 3 heterocycles. The minimum atomic E-state index is 0.412. The molecule has 6 nitrogen and oxygen atoms in total. The summed E-state index contributed by atoms with van der Waals surface area (Å²) in [4.78, 5) is 14.5. The second-order valence-electron chi connectivity index (χ2n) is 11.5. The molecule has 2 aliphatic heterocycles. The van der Waals surface area contributed by atoms with Crippen molar-refractivity contribution in [1.29, 1.82) is 0 Å². The fraction of sp³-hybridized carbons (Fsp3) is 0.278. The van der Waals surface area contributed by atoms with Crippen LogP contribution in [0, 0.1) is 0 Å². The molecule has 2 fully saturated rings. The number of nitrogens with zero attached hydrogens (tertiary/aromatic N) is 4. The van der Waals surface area contributed by atoms with E-state index >= 15 is 0 Å². The van der Waals surface area contributed by atoms with Crippen molar-refractivity contribution < 1.29 is 5.11 Å². The normalized spacial score (nSPS) is 16.0. The Morgan fingerprint density at radius 1 is 0.659 bits per heavy atom. The molecule has 8 heteroatoms. The predicted octanol–water partition coefficient (Wildman–Crippen LogP) is 8.77. The highest BCUT2D eigenvalue weighted by molar-refractivity contribution is 6.30. The van der Waals surface area contributed by atoms with E-state index in [4.69, 9.17) is 33.2 Å². The van der Waals surface area contributed by atoms with Crippen molar-refractivity contribution in [3.63, 3.8) is 0 Å². The largest absolute Gasteiger partial charge is 0.507 e. The quantitative estimate of drug-likeness (QED) is 0.172. The van der Waals surface area contributed by atoms with Crippen molar-refractivity contribution in [2.24, 2.45) is 0 Å². The molecule has 3 aromatic carbocycles. The number of aromatic hydroxyl groups is 1. The Kier molecular flexibility index (Phi) is 9.93. The van der Waals surface area contributed by atoms with Crippen LogP contribution in [0.4, 0.5) is 11.5 Å². The van der Waals surface area contributed by atoms with Crippen LogP contribution in [0.5, 0.6) is 5.75 Å². The van der Waals surface area contributed by atoms with Gasteiger partial charge in [-0.2, -0.15) is 0 Å².